The standard InChI is InChI=1S/C5H7Cl2NO.C3H3NO/c1-2-3-5(6,7)4(8)9;1-2-5-3-4-1/h2H,1,3H2,(H2,8,9);1-3H. The van der Waals surface area contributed by atoms with E-state index in [1.807, 2.05) is 0 Å². The van der Waals surface area contributed by atoms with Gasteiger partial charge in [0.2, 0.25) is 0 Å². The molecular weight excluding hydrogens is 227 g/mol. The molecule has 0 aliphatic heterocycles. The Bertz CT molecular complexity index is 256. The van der Waals surface area contributed by atoms with Gasteiger partial charge >= 0.3 is 0 Å². The van der Waals surface area contributed by atoms with Gasteiger partial charge in [-0.2, -0.15) is 0 Å². The lowest BCUT2D eigenvalue weighted by atomic mass is 10.3. The van der Waals surface area contributed by atoms with Gasteiger partial charge in [0.1, 0.15) is 6.26 Å². The highest BCUT2D eigenvalue weighted by atomic mass is 35.5. The van der Waals surface area contributed by atoms with Crippen LogP contribution in [-0.4, -0.2) is 15.2 Å². The average Bonchev–Trinajstić information content (AvgIpc) is 2.60. The Hall–Kier alpha value is -1.00. The summed E-state index contributed by atoms with van der Waals surface area (Å²) in [6, 6.07) is 0. The third-order valence-corrected chi connectivity index (χ3v) is 1.79. The summed E-state index contributed by atoms with van der Waals surface area (Å²) in [5.41, 5.74) is 4.81. The molecule has 2 N–H and O–H groups in total. The van der Waals surface area contributed by atoms with Crippen LogP contribution in [0, 0.1) is 0 Å². The van der Waals surface area contributed by atoms with Crippen LogP contribution < -0.4 is 5.73 Å². The summed E-state index contributed by atoms with van der Waals surface area (Å²) < 4.78 is 2.99. The van der Waals surface area contributed by atoms with Crippen molar-refractivity contribution in [1.82, 2.24) is 4.98 Å². The predicted molar refractivity (Wildman–Crippen MR) is 54.9 cm³/mol. The molecule has 0 radical (unpaired) electrons. The average molecular weight is 237 g/mol. The van der Waals surface area contributed by atoms with Crippen molar-refractivity contribution in [2.75, 3.05) is 0 Å². The summed E-state index contributed by atoms with van der Waals surface area (Å²) in [6.45, 7) is 3.35. The van der Waals surface area contributed by atoms with Crippen LogP contribution in [0.1, 0.15) is 6.42 Å². The van der Waals surface area contributed by atoms with E-state index in [9.17, 15) is 4.79 Å². The van der Waals surface area contributed by atoms with E-state index < -0.39 is 10.2 Å². The number of alkyl halides is 2. The number of allylic oxidation sites excluding steroid dienone is 1. The Morgan fingerprint density at radius 1 is 1.71 bits per heavy atom. The normalized spacial score (nSPS) is 9.86. The largest absolute Gasteiger partial charge is 0.452 e. The van der Waals surface area contributed by atoms with Gasteiger partial charge in [0.25, 0.3) is 5.91 Å². The van der Waals surface area contributed by atoms with Crippen molar-refractivity contribution in [3.8, 4) is 0 Å². The first-order chi connectivity index (χ1) is 6.50. The number of aromatic nitrogens is 1. The zero-order valence-corrected chi connectivity index (χ0v) is 8.83. The van der Waals surface area contributed by atoms with Crippen LogP contribution in [0.25, 0.3) is 0 Å². The van der Waals surface area contributed by atoms with E-state index in [0.29, 0.717) is 0 Å². The molecule has 6 heteroatoms. The maximum atomic E-state index is 10.3. The van der Waals surface area contributed by atoms with Crippen LogP contribution in [-0.2, 0) is 4.79 Å². The minimum Gasteiger partial charge on any atom is -0.452 e. The Kier molecular flexibility index (Phi) is 5.99. The van der Waals surface area contributed by atoms with Crippen molar-refractivity contribution >= 4 is 29.1 Å². The predicted octanol–water partition coefficient (Wildman–Crippen LogP) is 1.90. The van der Waals surface area contributed by atoms with E-state index in [4.69, 9.17) is 28.9 Å². The van der Waals surface area contributed by atoms with Gasteiger partial charge in [0, 0.05) is 6.42 Å². The highest BCUT2D eigenvalue weighted by Crippen LogP contribution is 2.24. The van der Waals surface area contributed by atoms with Gasteiger partial charge in [-0.05, 0) is 0 Å². The third kappa shape index (κ3) is 5.61. The van der Waals surface area contributed by atoms with Crippen LogP contribution >= 0.6 is 23.2 Å². The fourth-order valence-corrected chi connectivity index (χ4v) is 0.676. The number of primary amides is 1. The number of hydrogen-bond donors (Lipinski definition) is 1. The van der Waals surface area contributed by atoms with Crippen molar-refractivity contribution in [3.63, 3.8) is 0 Å². The Labute approximate surface area is 91.7 Å². The summed E-state index contributed by atoms with van der Waals surface area (Å²) in [7, 11) is 0. The summed E-state index contributed by atoms with van der Waals surface area (Å²) in [4.78, 5) is 13.9. The molecule has 0 saturated heterocycles. The SMILES string of the molecule is C=CCC(Cl)(Cl)C(N)=O.c1cocn1. The molecule has 0 fully saturated rings. The van der Waals surface area contributed by atoms with Gasteiger partial charge in [-0.15, -0.1) is 6.58 Å². The van der Waals surface area contributed by atoms with Crippen LogP contribution in [0.4, 0.5) is 0 Å². The van der Waals surface area contributed by atoms with Crippen LogP contribution in [0.2, 0.25) is 0 Å². The van der Waals surface area contributed by atoms with Crippen LogP contribution in [0.5, 0.6) is 0 Å². The molecule has 14 heavy (non-hydrogen) atoms. The van der Waals surface area contributed by atoms with Gasteiger partial charge in [0.15, 0.2) is 10.7 Å². The molecule has 0 bridgehead atoms. The van der Waals surface area contributed by atoms with Gasteiger partial charge in [-0.3, -0.25) is 4.79 Å². The first-order valence-electron chi connectivity index (χ1n) is 3.61. The highest BCUT2D eigenvalue weighted by molar-refractivity contribution is 6.58. The van der Waals surface area contributed by atoms with Crippen LogP contribution in [0.15, 0.2) is 35.9 Å². The summed E-state index contributed by atoms with van der Waals surface area (Å²) in [6.07, 6.45) is 6.08. The molecule has 1 aromatic heterocycles. The number of oxazole rings is 1. The minimum atomic E-state index is -1.48. The number of carbonyl (C=O) groups is 1. The van der Waals surface area contributed by atoms with Crippen molar-refractivity contribution in [2.45, 2.75) is 10.8 Å². The quantitative estimate of drug-likeness (QED) is 0.644. The van der Waals surface area contributed by atoms with E-state index in [-0.39, 0.29) is 6.42 Å². The number of rotatable bonds is 3. The lowest BCUT2D eigenvalue weighted by molar-refractivity contribution is -0.118. The molecule has 1 amide bonds. The number of nitrogens with zero attached hydrogens (tertiary/aromatic N) is 1. The minimum absolute atomic E-state index is 0.172. The van der Waals surface area contributed by atoms with Crippen molar-refractivity contribution < 1.29 is 9.21 Å². The van der Waals surface area contributed by atoms with Gasteiger partial charge in [-0.25, -0.2) is 4.98 Å². The Morgan fingerprint density at radius 3 is 2.50 bits per heavy atom. The van der Waals surface area contributed by atoms with Gasteiger partial charge < -0.3 is 10.2 Å². The second-order valence-corrected chi connectivity index (χ2v) is 3.72. The van der Waals surface area contributed by atoms with E-state index in [1.165, 1.54) is 18.7 Å². The van der Waals surface area contributed by atoms with E-state index in [0.717, 1.165) is 0 Å². The highest BCUT2D eigenvalue weighted by Gasteiger charge is 2.28. The lowest BCUT2D eigenvalue weighted by Gasteiger charge is -2.10. The Morgan fingerprint density at radius 2 is 2.36 bits per heavy atom. The fraction of sp³-hybridized carbons (Fsp3) is 0.250. The summed E-state index contributed by atoms with van der Waals surface area (Å²) >= 11 is 10.8. The zero-order chi connectivity index (χ0) is 11.0. The molecule has 0 saturated carbocycles. The number of carbonyl (C=O) groups excluding carboxylic acids is 1. The smallest absolute Gasteiger partial charge is 0.254 e. The maximum Gasteiger partial charge on any atom is 0.254 e. The molecule has 4 nitrogen and oxygen atoms in total. The molecule has 1 aromatic rings. The molecule has 78 valence electrons. The van der Waals surface area contributed by atoms with Crippen molar-refractivity contribution in [3.05, 3.63) is 31.5 Å². The fourth-order valence-electron chi connectivity index (χ4n) is 0.458. The Balaban J connectivity index is 0.000000280. The topological polar surface area (TPSA) is 69.1 Å². The van der Waals surface area contributed by atoms with E-state index in [2.05, 4.69) is 16.0 Å². The second kappa shape index (κ2) is 6.45. The molecule has 0 spiro atoms. The maximum absolute atomic E-state index is 10.3. The number of hydrogen-bond acceptors (Lipinski definition) is 3. The van der Waals surface area contributed by atoms with Gasteiger partial charge in [-0.1, -0.05) is 29.3 Å². The third-order valence-electron chi connectivity index (χ3n) is 1.11. The summed E-state index contributed by atoms with van der Waals surface area (Å²) in [5.74, 6) is -0.745. The molecule has 0 aliphatic rings. The van der Waals surface area contributed by atoms with Gasteiger partial charge in [0.05, 0.1) is 6.20 Å². The number of nitrogens with two attached hydrogens (primary N) is 1. The zero-order valence-electron chi connectivity index (χ0n) is 7.32. The second-order valence-electron chi connectivity index (χ2n) is 2.24. The van der Waals surface area contributed by atoms with E-state index in [1.54, 1.807) is 6.20 Å². The monoisotopic (exact) mass is 236 g/mol. The molecule has 0 atom stereocenters. The molecule has 1 heterocycles. The van der Waals surface area contributed by atoms with Crippen molar-refractivity contribution in [1.29, 1.82) is 0 Å². The number of amides is 1. The molecule has 0 unspecified atom stereocenters. The number of halogens is 2. The summed E-state index contributed by atoms with van der Waals surface area (Å²) in [5, 5.41) is 0. The molecule has 0 aliphatic carbocycles. The molecule has 1 rings (SSSR count). The molecule has 0 aromatic carbocycles. The van der Waals surface area contributed by atoms with E-state index >= 15 is 0 Å². The molecular formula is C8H10Cl2N2O2. The van der Waals surface area contributed by atoms with Crippen LogP contribution in [0.3, 0.4) is 0 Å². The first kappa shape index (κ1) is 13.0. The lowest BCUT2D eigenvalue weighted by Crippen LogP contribution is -2.32. The first-order valence-corrected chi connectivity index (χ1v) is 4.37. The van der Waals surface area contributed by atoms with Crippen molar-refractivity contribution in [2.24, 2.45) is 5.73 Å².